The number of aliphatic hydroxyl groups excluding tert-OH is 2. The number of aliphatic hydroxyl groups is 2. The van der Waals surface area contributed by atoms with Crippen molar-refractivity contribution in [2.45, 2.75) is 26.3 Å². The van der Waals surface area contributed by atoms with Crippen molar-refractivity contribution in [1.29, 1.82) is 0 Å². The van der Waals surface area contributed by atoms with Crippen molar-refractivity contribution in [2.24, 2.45) is 0 Å². The third-order valence-corrected chi connectivity index (χ3v) is 2.74. The number of rotatable bonds is 5. The number of hydrogen-bond donors (Lipinski definition) is 2. The van der Waals surface area contributed by atoms with Gasteiger partial charge in [-0.25, -0.2) is 4.98 Å². The fourth-order valence-electron chi connectivity index (χ4n) is 1.72. The molecule has 2 N–H and O–H groups in total. The maximum Gasteiger partial charge on any atom is 0.272 e. The Labute approximate surface area is 119 Å². The summed E-state index contributed by atoms with van der Waals surface area (Å²) in [6, 6.07) is 3.37. The number of nitrogens with zero attached hydrogens (tertiary/aromatic N) is 2. The van der Waals surface area contributed by atoms with Crippen molar-refractivity contribution < 1.29 is 15.0 Å². The fourth-order valence-corrected chi connectivity index (χ4v) is 1.72. The van der Waals surface area contributed by atoms with Gasteiger partial charge in [-0.05, 0) is 32.4 Å². The summed E-state index contributed by atoms with van der Waals surface area (Å²) in [5, 5.41) is 17.5. The summed E-state index contributed by atoms with van der Waals surface area (Å²) in [5.74, 6) is 5.09. The van der Waals surface area contributed by atoms with Gasteiger partial charge in [0.05, 0.1) is 0 Å². The predicted octanol–water partition coefficient (Wildman–Crippen LogP) is 0.658. The van der Waals surface area contributed by atoms with Crippen molar-refractivity contribution in [2.75, 3.05) is 19.8 Å². The van der Waals surface area contributed by atoms with Gasteiger partial charge in [-0.1, -0.05) is 11.8 Å². The zero-order valence-electron chi connectivity index (χ0n) is 11.8. The van der Waals surface area contributed by atoms with Crippen LogP contribution in [0.1, 0.15) is 36.3 Å². The molecule has 0 unspecified atom stereocenters. The second-order valence-corrected chi connectivity index (χ2v) is 4.56. The summed E-state index contributed by atoms with van der Waals surface area (Å²) in [5.41, 5.74) is 1.01. The fraction of sp³-hybridized carbons (Fsp3) is 0.467. The Morgan fingerprint density at radius 2 is 2.15 bits per heavy atom. The second kappa shape index (κ2) is 8.31. The first-order valence-corrected chi connectivity index (χ1v) is 6.57. The maximum atomic E-state index is 12.3. The molecule has 20 heavy (non-hydrogen) atoms. The molecule has 0 saturated heterocycles. The van der Waals surface area contributed by atoms with Crippen molar-refractivity contribution in [1.82, 2.24) is 9.88 Å². The molecule has 0 saturated carbocycles. The normalized spacial score (nSPS) is 10.1. The Hall–Kier alpha value is -1.90. The van der Waals surface area contributed by atoms with Crippen LogP contribution in [0.5, 0.6) is 0 Å². The second-order valence-electron chi connectivity index (χ2n) is 4.56. The number of carbonyl (C=O) groups excluding carboxylic acids is 1. The summed E-state index contributed by atoms with van der Waals surface area (Å²) in [7, 11) is 0. The quantitative estimate of drug-likeness (QED) is 0.775. The minimum absolute atomic E-state index is 0.0460. The van der Waals surface area contributed by atoms with E-state index in [2.05, 4.69) is 16.8 Å². The van der Waals surface area contributed by atoms with E-state index in [1.165, 1.54) is 6.20 Å². The largest absolute Gasteiger partial charge is 0.396 e. The first kappa shape index (κ1) is 16.2. The maximum absolute atomic E-state index is 12.3. The molecule has 1 aromatic rings. The summed E-state index contributed by atoms with van der Waals surface area (Å²) in [6.07, 6.45) is 2.06. The van der Waals surface area contributed by atoms with E-state index in [4.69, 9.17) is 10.2 Å². The van der Waals surface area contributed by atoms with Gasteiger partial charge >= 0.3 is 0 Å². The minimum atomic E-state index is -0.205. The first-order valence-electron chi connectivity index (χ1n) is 6.57. The molecule has 5 heteroatoms. The smallest absolute Gasteiger partial charge is 0.272 e. The third-order valence-electron chi connectivity index (χ3n) is 2.74. The van der Waals surface area contributed by atoms with Crippen molar-refractivity contribution in [3.63, 3.8) is 0 Å². The average molecular weight is 276 g/mol. The molecule has 1 rings (SSSR count). The van der Waals surface area contributed by atoms with E-state index in [0.29, 0.717) is 24.2 Å². The molecule has 108 valence electrons. The van der Waals surface area contributed by atoms with Gasteiger partial charge in [0.2, 0.25) is 0 Å². The van der Waals surface area contributed by atoms with Crippen molar-refractivity contribution in [3.05, 3.63) is 29.6 Å². The molecule has 0 radical (unpaired) electrons. The molecule has 0 spiro atoms. The molecule has 1 heterocycles. The van der Waals surface area contributed by atoms with Crippen LogP contribution < -0.4 is 0 Å². The summed E-state index contributed by atoms with van der Waals surface area (Å²) in [6.45, 7) is 4.20. The molecule has 0 aliphatic heterocycles. The number of carbonyl (C=O) groups is 1. The average Bonchev–Trinajstić information content (AvgIpc) is 2.45. The van der Waals surface area contributed by atoms with E-state index in [1.54, 1.807) is 17.0 Å². The summed E-state index contributed by atoms with van der Waals surface area (Å²) < 4.78 is 0. The number of pyridine rings is 1. The molecule has 5 nitrogen and oxygen atoms in total. The van der Waals surface area contributed by atoms with Crippen LogP contribution in [0.15, 0.2) is 18.3 Å². The number of amides is 1. The molecule has 1 amide bonds. The Bertz CT molecular complexity index is 486. The zero-order chi connectivity index (χ0) is 15.0. The number of hydrogen-bond acceptors (Lipinski definition) is 4. The van der Waals surface area contributed by atoms with Crippen LogP contribution in [0.4, 0.5) is 0 Å². The van der Waals surface area contributed by atoms with Crippen LogP contribution in [0.25, 0.3) is 0 Å². The van der Waals surface area contributed by atoms with Gasteiger partial charge in [-0.15, -0.1) is 0 Å². The molecule has 0 fully saturated rings. The van der Waals surface area contributed by atoms with E-state index < -0.39 is 0 Å². The van der Waals surface area contributed by atoms with Gasteiger partial charge < -0.3 is 15.1 Å². The molecule has 0 aromatic carbocycles. The lowest BCUT2D eigenvalue weighted by atomic mass is 10.2. The molecular weight excluding hydrogens is 256 g/mol. The highest BCUT2D eigenvalue weighted by Gasteiger charge is 2.19. The SMILES string of the molecule is CC(C)N(CCCO)C(=O)c1ccc(C#CCO)cn1. The highest BCUT2D eigenvalue weighted by Crippen LogP contribution is 2.08. The van der Waals surface area contributed by atoms with E-state index in [9.17, 15) is 4.79 Å². The standard InChI is InChI=1S/C15H20N2O3/c1-12(2)17(8-4-10-19)15(20)14-7-6-13(11-16-14)5-3-9-18/h6-7,11-12,18-19H,4,8-10H2,1-2H3. The van der Waals surface area contributed by atoms with Crippen molar-refractivity contribution >= 4 is 5.91 Å². The minimum Gasteiger partial charge on any atom is -0.396 e. The Kier molecular flexibility index (Phi) is 6.71. The van der Waals surface area contributed by atoms with Gasteiger partial charge in [0.25, 0.3) is 5.91 Å². The Morgan fingerprint density at radius 3 is 2.65 bits per heavy atom. The zero-order valence-corrected chi connectivity index (χ0v) is 11.8. The lowest BCUT2D eigenvalue weighted by Crippen LogP contribution is -2.38. The van der Waals surface area contributed by atoms with E-state index in [1.807, 2.05) is 13.8 Å². The van der Waals surface area contributed by atoms with Crippen molar-refractivity contribution in [3.8, 4) is 11.8 Å². The Balaban J connectivity index is 2.83. The molecule has 0 bridgehead atoms. The molecule has 0 atom stereocenters. The van der Waals surface area contributed by atoms with E-state index in [0.717, 1.165) is 0 Å². The molecule has 0 aliphatic carbocycles. The predicted molar refractivity (Wildman–Crippen MR) is 76.1 cm³/mol. The lowest BCUT2D eigenvalue weighted by Gasteiger charge is -2.26. The van der Waals surface area contributed by atoms with Crippen LogP contribution in [-0.2, 0) is 0 Å². The van der Waals surface area contributed by atoms with Gasteiger partial charge in [0.1, 0.15) is 12.3 Å². The van der Waals surface area contributed by atoms with Crippen LogP contribution in [0, 0.1) is 11.8 Å². The number of aromatic nitrogens is 1. The van der Waals surface area contributed by atoms with E-state index >= 15 is 0 Å². The topological polar surface area (TPSA) is 73.7 Å². The lowest BCUT2D eigenvalue weighted by molar-refractivity contribution is 0.0687. The highest BCUT2D eigenvalue weighted by atomic mass is 16.3. The van der Waals surface area contributed by atoms with Gasteiger partial charge in [0.15, 0.2) is 0 Å². The van der Waals surface area contributed by atoms with Gasteiger partial charge in [-0.2, -0.15) is 0 Å². The first-order chi connectivity index (χ1) is 9.60. The van der Waals surface area contributed by atoms with Crippen LogP contribution in [-0.4, -0.2) is 51.8 Å². The van der Waals surface area contributed by atoms with Crippen LogP contribution >= 0.6 is 0 Å². The highest BCUT2D eigenvalue weighted by molar-refractivity contribution is 5.92. The third kappa shape index (κ3) is 4.65. The van der Waals surface area contributed by atoms with E-state index in [-0.39, 0.29) is 25.2 Å². The molecule has 0 aliphatic rings. The Morgan fingerprint density at radius 1 is 1.40 bits per heavy atom. The monoisotopic (exact) mass is 276 g/mol. The summed E-state index contributed by atoms with van der Waals surface area (Å²) in [4.78, 5) is 18.1. The van der Waals surface area contributed by atoms with Gasteiger partial charge in [0, 0.05) is 31.0 Å². The molecule has 1 aromatic heterocycles. The van der Waals surface area contributed by atoms with Crippen LogP contribution in [0.3, 0.4) is 0 Å². The van der Waals surface area contributed by atoms with Crippen LogP contribution in [0.2, 0.25) is 0 Å². The summed E-state index contributed by atoms with van der Waals surface area (Å²) >= 11 is 0. The van der Waals surface area contributed by atoms with Gasteiger partial charge in [-0.3, -0.25) is 4.79 Å². The molecular formula is C15H20N2O3.